The molecule has 5 rings (SSSR count). The van der Waals surface area contributed by atoms with Gasteiger partial charge in [-0.1, -0.05) is 43.7 Å². The molecule has 0 unspecified atom stereocenters. The lowest BCUT2D eigenvalue weighted by Crippen LogP contribution is -2.23. The third-order valence-electron chi connectivity index (χ3n) is 6.28. The van der Waals surface area contributed by atoms with E-state index >= 15 is 0 Å². The molecule has 1 aliphatic rings. The van der Waals surface area contributed by atoms with Gasteiger partial charge in [0.2, 0.25) is 0 Å². The average molecular weight is 447 g/mol. The Balaban J connectivity index is 1.53. The van der Waals surface area contributed by atoms with Crippen LogP contribution in [0.3, 0.4) is 0 Å². The van der Waals surface area contributed by atoms with Crippen LogP contribution < -0.4 is 5.56 Å². The fraction of sp³-hybridized carbons (Fsp3) is 0.375. The van der Waals surface area contributed by atoms with Crippen molar-refractivity contribution in [2.24, 2.45) is 5.92 Å². The zero-order chi connectivity index (χ0) is 22.1. The van der Waals surface area contributed by atoms with Crippen molar-refractivity contribution in [2.45, 2.75) is 56.0 Å². The van der Waals surface area contributed by atoms with Crippen molar-refractivity contribution in [3.8, 4) is 11.4 Å². The molecule has 3 atom stereocenters. The Hall–Kier alpha value is -3.00. The molecule has 0 spiro atoms. The van der Waals surface area contributed by atoms with Gasteiger partial charge >= 0.3 is 0 Å². The highest BCUT2D eigenvalue weighted by atomic mass is 32.2. The predicted octanol–water partition coefficient (Wildman–Crippen LogP) is 5.18. The van der Waals surface area contributed by atoms with Crippen molar-refractivity contribution in [2.75, 3.05) is 0 Å². The number of hydrogen-bond donors (Lipinski definition) is 1. The number of fused-ring (bicyclic) bond motifs is 1. The number of H-pyrrole nitrogens is 1. The summed E-state index contributed by atoms with van der Waals surface area (Å²) in [6.07, 6.45) is 8.40. The average Bonchev–Trinajstić information content (AvgIpc) is 3.23. The summed E-state index contributed by atoms with van der Waals surface area (Å²) in [5.74, 6) is 2.04. The van der Waals surface area contributed by atoms with Crippen LogP contribution in [-0.4, -0.2) is 29.7 Å². The SMILES string of the molecule is C[C@H](Sc1nnc(-c2cccnc2)n1[C@H]1CCCC[C@H]1C)c1nc2ccccc2c(=O)[nH]1. The van der Waals surface area contributed by atoms with E-state index in [-0.39, 0.29) is 10.8 Å². The van der Waals surface area contributed by atoms with Crippen molar-refractivity contribution < 1.29 is 0 Å². The molecular formula is C24H26N6OS. The van der Waals surface area contributed by atoms with Crippen molar-refractivity contribution in [1.29, 1.82) is 0 Å². The highest BCUT2D eigenvalue weighted by molar-refractivity contribution is 7.99. The van der Waals surface area contributed by atoms with Gasteiger partial charge in [0.15, 0.2) is 11.0 Å². The van der Waals surface area contributed by atoms with Gasteiger partial charge in [-0.15, -0.1) is 10.2 Å². The topological polar surface area (TPSA) is 89.3 Å². The third-order valence-corrected chi connectivity index (χ3v) is 7.35. The van der Waals surface area contributed by atoms with Crippen LogP contribution in [0, 0.1) is 5.92 Å². The zero-order valence-electron chi connectivity index (χ0n) is 18.2. The van der Waals surface area contributed by atoms with Gasteiger partial charge in [-0.05, 0) is 49.9 Å². The number of aromatic nitrogens is 6. The Bertz CT molecular complexity index is 1280. The minimum absolute atomic E-state index is 0.0871. The number of thioether (sulfide) groups is 1. The molecule has 1 aliphatic carbocycles. The molecule has 1 aromatic carbocycles. The molecule has 0 aliphatic heterocycles. The summed E-state index contributed by atoms with van der Waals surface area (Å²) in [5.41, 5.74) is 1.56. The Morgan fingerprint density at radius 2 is 1.97 bits per heavy atom. The molecule has 3 aromatic heterocycles. The number of benzene rings is 1. The van der Waals surface area contributed by atoms with Crippen LogP contribution in [-0.2, 0) is 0 Å². The standard InChI is InChI=1S/C24H26N6OS/c1-15-8-3-6-12-20(15)30-22(17-9-7-13-25-14-17)28-29-24(30)32-16(2)21-26-19-11-5-4-10-18(19)23(31)27-21/h4-5,7,9-11,13-16,20H,3,6,8,12H2,1-2H3,(H,26,27,31)/t15-,16+,20+/m1/s1. The number of rotatable bonds is 5. The lowest BCUT2D eigenvalue weighted by molar-refractivity contribution is 0.247. The fourth-order valence-electron chi connectivity index (χ4n) is 4.54. The van der Waals surface area contributed by atoms with Crippen molar-refractivity contribution >= 4 is 22.7 Å². The van der Waals surface area contributed by atoms with E-state index in [0.29, 0.717) is 28.7 Å². The van der Waals surface area contributed by atoms with Crippen LogP contribution >= 0.6 is 11.8 Å². The molecule has 0 bridgehead atoms. The van der Waals surface area contributed by atoms with Crippen molar-refractivity contribution in [1.82, 2.24) is 29.7 Å². The first-order chi connectivity index (χ1) is 15.6. The first kappa shape index (κ1) is 20.9. The lowest BCUT2D eigenvalue weighted by atomic mass is 9.85. The smallest absolute Gasteiger partial charge is 0.258 e. The summed E-state index contributed by atoms with van der Waals surface area (Å²) in [5, 5.41) is 10.5. The summed E-state index contributed by atoms with van der Waals surface area (Å²) in [4.78, 5) is 24.5. The summed E-state index contributed by atoms with van der Waals surface area (Å²) in [6.45, 7) is 4.36. The number of nitrogens with zero attached hydrogens (tertiary/aromatic N) is 5. The normalized spacial score (nSPS) is 19.8. The lowest BCUT2D eigenvalue weighted by Gasteiger charge is -2.31. The summed E-state index contributed by atoms with van der Waals surface area (Å²) in [6, 6.07) is 11.7. The van der Waals surface area contributed by atoms with E-state index in [1.54, 1.807) is 24.0 Å². The summed E-state index contributed by atoms with van der Waals surface area (Å²) < 4.78 is 2.29. The highest BCUT2D eigenvalue weighted by Gasteiger charge is 2.29. The maximum absolute atomic E-state index is 12.6. The van der Waals surface area contributed by atoms with E-state index in [0.717, 1.165) is 23.0 Å². The van der Waals surface area contributed by atoms with Gasteiger partial charge in [-0.25, -0.2) is 4.98 Å². The van der Waals surface area contributed by atoms with Gasteiger partial charge in [0.1, 0.15) is 5.82 Å². The second-order valence-corrected chi connectivity index (χ2v) is 9.78. The highest BCUT2D eigenvalue weighted by Crippen LogP contribution is 2.41. The maximum atomic E-state index is 12.6. The van der Waals surface area contributed by atoms with E-state index < -0.39 is 0 Å². The molecule has 32 heavy (non-hydrogen) atoms. The molecule has 0 radical (unpaired) electrons. The minimum atomic E-state index is -0.114. The van der Waals surface area contributed by atoms with E-state index in [9.17, 15) is 4.79 Å². The van der Waals surface area contributed by atoms with Crippen LogP contribution in [0.5, 0.6) is 0 Å². The second-order valence-electron chi connectivity index (χ2n) is 8.48. The van der Waals surface area contributed by atoms with E-state index in [2.05, 4.69) is 31.7 Å². The van der Waals surface area contributed by atoms with Crippen LogP contribution in [0.4, 0.5) is 0 Å². The van der Waals surface area contributed by atoms with Gasteiger partial charge in [-0.3, -0.25) is 14.3 Å². The monoisotopic (exact) mass is 446 g/mol. The Morgan fingerprint density at radius 1 is 1.12 bits per heavy atom. The van der Waals surface area contributed by atoms with E-state index in [1.165, 1.54) is 19.3 Å². The van der Waals surface area contributed by atoms with Crippen molar-refractivity contribution in [3.05, 3.63) is 65.0 Å². The fourth-order valence-corrected chi connectivity index (χ4v) is 5.50. The number of aromatic amines is 1. The summed E-state index contributed by atoms with van der Waals surface area (Å²) in [7, 11) is 0. The first-order valence-electron chi connectivity index (χ1n) is 11.1. The number of nitrogens with one attached hydrogen (secondary N) is 1. The number of para-hydroxylation sites is 1. The minimum Gasteiger partial charge on any atom is -0.309 e. The maximum Gasteiger partial charge on any atom is 0.258 e. The number of pyridine rings is 1. The zero-order valence-corrected chi connectivity index (χ0v) is 19.0. The molecule has 1 fully saturated rings. The Labute approximate surface area is 190 Å². The molecule has 1 saturated carbocycles. The molecule has 0 saturated heterocycles. The molecule has 4 aromatic rings. The van der Waals surface area contributed by atoms with Gasteiger partial charge in [-0.2, -0.15) is 0 Å². The molecule has 164 valence electrons. The molecule has 3 heterocycles. The van der Waals surface area contributed by atoms with Gasteiger partial charge in [0.25, 0.3) is 5.56 Å². The van der Waals surface area contributed by atoms with E-state index in [1.807, 2.05) is 43.5 Å². The Kier molecular flexibility index (Phi) is 5.78. The summed E-state index contributed by atoms with van der Waals surface area (Å²) >= 11 is 1.59. The first-order valence-corrected chi connectivity index (χ1v) is 12.0. The van der Waals surface area contributed by atoms with Gasteiger partial charge in [0.05, 0.1) is 16.2 Å². The van der Waals surface area contributed by atoms with Crippen LogP contribution in [0.15, 0.2) is 58.7 Å². The van der Waals surface area contributed by atoms with Crippen LogP contribution in [0.2, 0.25) is 0 Å². The predicted molar refractivity (Wildman–Crippen MR) is 127 cm³/mol. The third kappa shape index (κ3) is 3.95. The Morgan fingerprint density at radius 3 is 2.78 bits per heavy atom. The quantitative estimate of drug-likeness (QED) is 0.425. The molecule has 0 amide bonds. The second kappa shape index (κ2) is 8.86. The largest absolute Gasteiger partial charge is 0.309 e. The van der Waals surface area contributed by atoms with Crippen LogP contribution in [0.1, 0.15) is 56.6 Å². The number of hydrogen-bond acceptors (Lipinski definition) is 6. The van der Waals surface area contributed by atoms with E-state index in [4.69, 9.17) is 4.98 Å². The van der Waals surface area contributed by atoms with Gasteiger partial charge in [0, 0.05) is 24.0 Å². The molecule has 8 heteroatoms. The van der Waals surface area contributed by atoms with Gasteiger partial charge < -0.3 is 4.98 Å². The van der Waals surface area contributed by atoms with Crippen molar-refractivity contribution in [3.63, 3.8) is 0 Å². The van der Waals surface area contributed by atoms with Crippen LogP contribution in [0.25, 0.3) is 22.3 Å². The molecular weight excluding hydrogens is 420 g/mol. The molecule has 7 nitrogen and oxygen atoms in total. The molecule has 1 N–H and O–H groups in total.